The lowest BCUT2D eigenvalue weighted by Crippen LogP contribution is -2.56. The zero-order valence-corrected chi connectivity index (χ0v) is 18.0. The lowest BCUT2D eigenvalue weighted by Gasteiger charge is -2.58. The maximum absolute atomic E-state index is 13.2. The molecule has 0 unspecified atom stereocenters. The summed E-state index contributed by atoms with van der Waals surface area (Å²) in [6.45, 7) is 6.74. The number of ketones is 2. The highest BCUT2D eigenvalue weighted by molar-refractivity contribution is 5.93. The van der Waals surface area contributed by atoms with Crippen molar-refractivity contribution in [2.24, 2.45) is 39.7 Å². The van der Waals surface area contributed by atoms with Gasteiger partial charge in [0.25, 0.3) is 0 Å². The van der Waals surface area contributed by atoms with Gasteiger partial charge in [-0.25, -0.2) is 0 Å². The van der Waals surface area contributed by atoms with Crippen LogP contribution in [-0.4, -0.2) is 36.3 Å². The van der Waals surface area contributed by atoms with Gasteiger partial charge in [0.05, 0.1) is 12.3 Å². The zero-order chi connectivity index (χ0) is 20.8. The Morgan fingerprint density at radius 1 is 1.14 bits per heavy atom. The Morgan fingerprint density at radius 3 is 2.69 bits per heavy atom. The summed E-state index contributed by atoms with van der Waals surface area (Å²) < 4.78 is 0. The van der Waals surface area contributed by atoms with Crippen molar-refractivity contribution in [3.05, 3.63) is 0 Å². The van der Waals surface area contributed by atoms with Gasteiger partial charge in [-0.2, -0.15) is 0 Å². The molecular formula is C23H34N2O4. The normalized spacial score (nSPS) is 42.8. The minimum atomic E-state index is -0.187. The van der Waals surface area contributed by atoms with Crippen LogP contribution in [0.4, 0.5) is 0 Å². The Labute approximate surface area is 173 Å². The van der Waals surface area contributed by atoms with E-state index in [1.807, 2.05) is 0 Å². The van der Waals surface area contributed by atoms with Gasteiger partial charge in [-0.3, -0.25) is 14.4 Å². The lowest BCUT2D eigenvalue weighted by molar-refractivity contribution is -0.152. The minimum absolute atomic E-state index is 0.0160. The van der Waals surface area contributed by atoms with Crippen LogP contribution < -0.4 is 5.32 Å². The van der Waals surface area contributed by atoms with Gasteiger partial charge in [0.15, 0.2) is 0 Å². The van der Waals surface area contributed by atoms with Crippen LogP contribution in [0.25, 0.3) is 0 Å². The van der Waals surface area contributed by atoms with Crippen LogP contribution in [0, 0.1) is 34.5 Å². The predicted molar refractivity (Wildman–Crippen MR) is 109 cm³/mol. The fourth-order valence-electron chi connectivity index (χ4n) is 7.11. The highest BCUT2D eigenvalue weighted by Crippen LogP contribution is 2.64. The first-order chi connectivity index (χ1) is 13.8. The number of Topliss-reactive ketones (excluding diaryl/α,β-unsaturated/α-hetero) is 2. The Hall–Kier alpha value is -1.72. The Balaban J connectivity index is 1.45. The molecular weight excluding hydrogens is 368 g/mol. The standard InChI is InChI=1S/C23H34N2O4/c1-14(26)24-10-11-29-25-15-6-8-22(2)18-7-9-23(3)17(4-5-21(23)28)16(18)13-20(27)19(22)12-15/h16-19H,4-13H2,1-3H3,(H,24,26)/b25-15+/t16-,17-,18-,19+,22+,23-/m0/s1. The van der Waals surface area contributed by atoms with Crippen molar-refractivity contribution in [2.45, 2.75) is 72.1 Å². The van der Waals surface area contributed by atoms with Crippen molar-refractivity contribution < 1.29 is 19.2 Å². The molecule has 0 aromatic rings. The molecule has 6 nitrogen and oxygen atoms in total. The number of oxime groups is 1. The van der Waals surface area contributed by atoms with E-state index in [0.29, 0.717) is 61.7 Å². The molecule has 0 aromatic carbocycles. The lowest BCUT2D eigenvalue weighted by atomic mass is 9.45. The van der Waals surface area contributed by atoms with Crippen LogP contribution >= 0.6 is 0 Å². The van der Waals surface area contributed by atoms with E-state index in [4.69, 9.17) is 4.84 Å². The summed E-state index contributed by atoms with van der Waals surface area (Å²) in [6.07, 6.45) is 6.89. The van der Waals surface area contributed by atoms with E-state index in [0.717, 1.165) is 37.8 Å². The van der Waals surface area contributed by atoms with Crippen molar-refractivity contribution in [1.29, 1.82) is 0 Å². The molecule has 0 heterocycles. The number of amides is 1. The number of carbonyl (C=O) groups is 3. The highest BCUT2D eigenvalue weighted by Gasteiger charge is 2.62. The first-order valence-corrected chi connectivity index (χ1v) is 11.2. The largest absolute Gasteiger partial charge is 0.394 e. The van der Waals surface area contributed by atoms with Crippen molar-refractivity contribution >= 4 is 23.2 Å². The van der Waals surface area contributed by atoms with Gasteiger partial charge in [0, 0.05) is 31.1 Å². The molecule has 0 spiro atoms. The molecule has 6 atom stereocenters. The summed E-state index contributed by atoms with van der Waals surface area (Å²) in [6, 6.07) is 0. The molecule has 4 aliphatic carbocycles. The second kappa shape index (κ2) is 7.51. The average Bonchev–Trinajstić information content (AvgIpc) is 2.97. The number of nitrogens with zero attached hydrogens (tertiary/aromatic N) is 1. The fraction of sp³-hybridized carbons (Fsp3) is 0.826. The number of rotatable bonds is 4. The molecule has 1 N–H and O–H groups in total. The second-order valence-corrected chi connectivity index (χ2v) is 10.2. The summed E-state index contributed by atoms with van der Waals surface area (Å²) in [5, 5.41) is 6.97. The second-order valence-electron chi connectivity index (χ2n) is 10.2. The summed E-state index contributed by atoms with van der Waals surface area (Å²) in [5.41, 5.74) is 0.800. The zero-order valence-electron chi connectivity index (χ0n) is 18.0. The summed E-state index contributed by atoms with van der Waals surface area (Å²) in [7, 11) is 0. The first-order valence-electron chi connectivity index (χ1n) is 11.2. The summed E-state index contributed by atoms with van der Waals surface area (Å²) in [5.74, 6) is 2.04. The summed E-state index contributed by atoms with van der Waals surface area (Å²) in [4.78, 5) is 42.1. The third-order valence-corrected chi connectivity index (χ3v) is 8.77. The third-order valence-electron chi connectivity index (χ3n) is 8.77. The van der Waals surface area contributed by atoms with Crippen molar-refractivity contribution in [2.75, 3.05) is 13.2 Å². The van der Waals surface area contributed by atoms with E-state index in [-0.39, 0.29) is 22.7 Å². The number of hydrogen-bond acceptors (Lipinski definition) is 5. The first kappa shape index (κ1) is 20.5. The SMILES string of the molecule is CC(=O)NCCO/N=C1\CC[C@@]2(C)[C@H](C1)C(=O)C[C@@H]1[C@@H]2CC[C@]2(C)C(=O)CC[C@@H]12. The van der Waals surface area contributed by atoms with Gasteiger partial charge < -0.3 is 10.2 Å². The molecule has 160 valence electrons. The molecule has 4 fully saturated rings. The van der Waals surface area contributed by atoms with Crippen LogP contribution in [0.3, 0.4) is 0 Å². The number of hydrogen-bond donors (Lipinski definition) is 1. The number of nitrogens with one attached hydrogen (secondary N) is 1. The van der Waals surface area contributed by atoms with Gasteiger partial charge in [0.1, 0.15) is 18.2 Å². The maximum Gasteiger partial charge on any atom is 0.216 e. The van der Waals surface area contributed by atoms with E-state index in [9.17, 15) is 14.4 Å². The molecule has 0 bridgehead atoms. The Kier molecular flexibility index (Phi) is 5.32. The molecule has 4 rings (SSSR count). The van der Waals surface area contributed by atoms with Crippen LogP contribution in [-0.2, 0) is 19.2 Å². The van der Waals surface area contributed by atoms with Crippen molar-refractivity contribution in [1.82, 2.24) is 5.32 Å². The van der Waals surface area contributed by atoms with E-state index in [2.05, 4.69) is 24.3 Å². The van der Waals surface area contributed by atoms with Crippen LogP contribution in [0.2, 0.25) is 0 Å². The van der Waals surface area contributed by atoms with Gasteiger partial charge in [-0.1, -0.05) is 19.0 Å². The molecule has 4 saturated carbocycles. The molecule has 4 aliphatic rings. The van der Waals surface area contributed by atoms with Gasteiger partial charge in [-0.15, -0.1) is 0 Å². The van der Waals surface area contributed by atoms with Gasteiger partial charge in [-0.05, 0) is 61.7 Å². The van der Waals surface area contributed by atoms with E-state index in [1.165, 1.54) is 6.92 Å². The topological polar surface area (TPSA) is 84.8 Å². The predicted octanol–water partition coefficient (Wildman–Crippen LogP) is 3.29. The quantitative estimate of drug-likeness (QED) is 0.578. The van der Waals surface area contributed by atoms with E-state index < -0.39 is 0 Å². The Bertz CT molecular complexity index is 747. The smallest absolute Gasteiger partial charge is 0.216 e. The third kappa shape index (κ3) is 3.42. The number of carbonyl (C=O) groups excluding carboxylic acids is 3. The van der Waals surface area contributed by atoms with Crippen LogP contribution in [0.15, 0.2) is 5.16 Å². The molecule has 0 radical (unpaired) electrons. The molecule has 0 saturated heterocycles. The maximum atomic E-state index is 13.2. The Morgan fingerprint density at radius 2 is 1.93 bits per heavy atom. The molecule has 0 aromatic heterocycles. The minimum Gasteiger partial charge on any atom is -0.394 e. The van der Waals surface area contributed by atoms with Crippen LogP contribution in [0.1, 0.15) is 72.1 Å². The van der Waals surface area contributed by atoms with E-state index >= 15 is 0 Å². The molecule has 29 heavy (non-hydrogen) atoms. The highest BCUT2D eigenvalue weighted by atomic mass is 16.6. The molecule has 1 amide bonds. The summed E-state index contributed by atoms with van der Waals surface area (Å²) >= 11 is 0. The van der Waals surface area contributed by atoms with Crippen molar-refractivity contribution in [3.8, 4) is 0 Å². The van der Waals surface area contributed by atoms with Crippen molar-refractivity contribution in [3.63, 3.8) is 0 Å². The number of fused-ring (bicyclic) bond motifs is 5. The molecule has 0 aliphatic heterocycles. The fourth-order valence-corrected chi connectivity index (χ4v) is 7.11. The molecule has 6 heteroatoms. The van der Waals surface area contributed by atoms with Gasteiger partial charge >= 0.3 is 0 Å². The van der Waals surface area contributed by atoms with Gasteiger partial charge in [0.2, 0.25) is 5.91 Å². The van der Waals surface area contributed by atoms with E-state index in [1.54, 1.807) is 0 Å². The van der Waals surface area contributed by atoms with Crippen LogP contribution in [0.5, 0.6) is 0 Å². The monoisotopic (exact) mass is 402 g/mol. The average molecular weight is 403 g/mol.